The SMILES string of the molecule is COc1ccc(Br)cc1C=NNc1nnc(-c2ccccc2)c(-c2ccccc2)n1. The molecule has 0 aliphatic carbocycles. The van der Waals surface area contributed by atoms with Crippen LogP contribution < -0.4 is 10.2 Å². The highest BCUT2D eigenvalue weighted by Gasteiger charge is 2.13. The molecule has 4 aromatic rings. The molecule has 0 unspecified atom stereocenters. The van der Waals surface area contributed by atoms with Gasteiger partial charge in [-0.15, -0.1) is 10.2 Å². The van der Waals surface area contributed by atoms with E-state index in [1.54, 1.807) is 13.3 Å². The molecule has 1 heterocycles. The van der Waals surface area contributed by atoms with E-state index in [1.165, 1.54) is 0 Å². The van der Waals surface area contributed by atoms with Crippen molar-refractivity contribution in [3.8, 4) is 28.3 Å². The van der Waals surface area contributed by atoms with Gasteiger partial charge in [-0.25, -0.2) is 10.4 Å². The van der Waals surface area contributed by atoms with Crippen molar-refractivity contribution in [2.45, 2.75) is 0 Å². The smallest absolute Gasteiger partial charge is 0.263 e. The van der Waals surface area contributed by atoms with Crippen molar-refractivity contribution in [2.24, 2.45) is 5.10 Å². The van der Waals surface area contributed by atoms with Crippen LogP contribution in [0.2, 0.25) is 0 Å². The summed E-state index contributed by atoms with van der Waals surface area (Å²) in [5.41, 5.74) is 7.03. The first-order chi connectivity index (χ1) is 14.7. The minimum Gasteiger partial charge on any atom is -0.496 e. The van der Waals surface area contributed by atoms with E-state index in [0.29, 0.717) is 17.4 Å². The standard InChI is InChI=1S/C23H18BrN5O/c1-30-20-13-12-19(24)14-18(20)15-25-28-23-26-21(16-8-4-2-5-9-16)22(27-29-23)17-10-6-3-7-11-17/h2-15H,1H3,(H,26,28,29). The molecule has 148 valence electrons. The van der Waals surface area contributed by atoms with Crippen molar-refractivity contribution in [3.63, 3.8) is 0 Å². The van der Waals surface area contributed by atoms with E-state index in [9.17, 15) is 0 Å². The first-order valence-electron chi connectivity index (χ1n) is 9.23. The summed E-state index contributed by atoms with van der Waals surface area (Å²) in [6, 6.07) is 25.5. The Kier molecular flexibility index (Phi) is 6.10. The number of ether oxygens (including phenoxy) is 1. The van der Waals surface area contributed by atoms with Gasteiger partial charge in [0.1, 0.15) is 17.1 Å². The molecule has 0 saturated carbocycles. The van der Waals surface area contributed by atoms with Gasteiger partial charge in [-0.2, -0.15) is 5.10 Å². The number of anilines is 1. The summed E-state index contributed by atoms with van der Waals surface area (Å²) in [5, 5.41) is 12.9. The number of rotatable bonds is 6. The van der Waals surface area contributed by atoms with Crippen LogP contribution in [-0.2, 0) is 0 Å². The Hall–Kier alpha value is -3.58. The van der Waals surface area contributed by atoms with Crippen LogP contribution >= 0.6 is 15.9 Å². The van der Waals surface area contributed by atoms with Gasteiger partial charge in [0.15, 0.2) is 0 Å². The Morgan fingerprint density at radius 1 is 0.867 bits per heavy atom. The third-order valence-corrected chi connectivity index (χ3v) is 4.83. The zero-order chi connectivity index (χ0) is 20.8. The molecule has 0 fully saturated rings. The highest BCUT2D eigenvalue weighted by Crippen LogP contribution is 2.28. The zero-order valence-corrected chi connectivity index (χ0v) is 17.7. The molecule has 0 radical (unpaired) electrons. The Balaban J connectivity index is 1.66. The van der Waals surface area contributed by atoms with Crippen molar-refractivity contribution in [3.05, 3.63) is 88.9 Å². The number of nitrogens with one attached hydrogen (secondary N) is 1. The number of nitrogens with zero attached hydrogens (tertiary/aromatic N) is 4. The minimum atomic E-state index is 0.304. The van der Waals surface area contributed by atoms with E-state index in [2.05, 4.69) is 41.6 Å². The zero-order valence-electron chi connectivity index (χ0n) is 16.2. The van der Waals surface area contributed by atoms with Crippen molar-refractivity contribution < 1.29 is 4.74 Å². The summed E-state index contributed by atoms with van der Waals surface area (Å²) in [4.78, 5) is 4.67. The molecule has 0 aliphatic heterocycles. The van der Waals surface area contributed by atoms with Crippen LogP contribution in [0, 0.1) is 0 Å². The molecule has 30 heavy (non-hydrogen) atoms. The molecule has 0 spiro atoms. The molecule has 0 aliphatic rings. The summed E-state index contributed by atoms with van der Waals surface area (Å²) in [6.07, 6.45) is 1.65. The second-order valence-corrected chi connectivity index (χ2v) is 7.24. The Morgan fingerprint density at radius 3 is 2.20 bits per heavy atom. The van der Waals surface area contributed by atoms with E-state index < -0.39 is 0 Å². The van der Waals surface area contributed by atoms with Crippen molar-refractivity contribution in [1.29, 1.82) is 0 Å². The van der Waals surface area contributed by atoms with Crippen molar-refractivity contribution in [1.82, 2.24) is 15.2 Å². The number of methoxy groups -OCH3 is 1. The first kappa shape index (κ1) is 19.7. The van der Waals surface area contributed by atoms with Gasteiger partial charge in [0.2, 0.25) is 0 Å². The van der Waals surface area contributed by atoms with Gasteiger partial charge in [0.25, 0.3) is 5.95 Å². The second-order valence-electron chi connectivity index (χ2n) is 6.32. The van der Waals surface area contributed by atoms with E-state index in [-0.39, 0.29) is 0 Å². The molecule has 0 atom stereocenters. The van der Waals surface area contributed by atoms with E-state index >= 15 is 0 Å². The van der Waals surface area contributed by atoms with Gasteiger partial charge in [-0.1, -0.05) is 76.6 Å². The van der Waals surface area contributed by atoms with Crippen LogP contribution in [0.4, 0.5) is 5.95 Å². The minimum absolute atomic E-state index is 0.304. The largest absolute Gasteiger partial charge is 0.496 e. The average molecular weight is 460 g/mol. The van der Waals surface area contributed by atoms with Crippen LogP contribution in [-0.4, -0.2) is 28.5 Å². The molecule has 0 saturated heterocycles. The maximum Gasteiger partial charge on any atom is 0.263 e. The number of hydrogen-bond donors (Lipinski definition) is 1. The molecule has 7 heteroatoms. The predicted molar refractivity (Wildman–Crippen MR) is 123 cm³/mol. The lowest BCUT2D eigenvalue weighted by molar-refractivity contribution is 0.414. The highest BCUT2D eigenvalue weighted by molar-refractivity contribution is 9.10. The van der Waals surface area contributed by atoms with Gasteiger partial charge < -0.3 is 4.74 Å². The van der Waals surface area contributed by atoms with Crippen LogP contribution in [0.5, 0.6) is 5.75 Å². The van der Waals surface area contributed by atoms with Crippen molar-refractivity contribution in [2.75, 3.05) is 12.5 Å². The summed E-state index contributed by atoms with van der Waals surface area (Å²) in [6.45, 7) is 0. The molecule has 1 aromatic heterocycles. The second kappa shape index (κ2) is 9.28. The molecular formula is C23H18BrN5O. The summed E-state index contributed by atoms with van der Waals surface area (Å²) < 4.78 is 6.29. The number of hydrogen-bond acceptors (Lipinski definition) is 6. The van der Waals surface area contributed by atoms with Crippen LogP contribution in [0.3, 0.4) is 0 Å². The van der Waals surface area contributed by atoms with Gasteiger partial charge in [-0.3, -0.25) is 0 Å². The van der Waals surface area contributed by atoms with Gasteiger partial charge in [-0.05, 0) is 18.2 Å². The van der Waals surface area contributed by atoms with E-state index in [4.69, 9.17) is 4.74 Å². The van der Waals surface area contributed by atoms with Crippen LogP contribution in [0.15, 0.2) is 88.4 Å². The third-order valence-electron chi connectivity index (χ3n) is 4.34. The topological polar surface area (TPSA) is 72.3 Å². The molecule has 1 N–H and O–H groups in total. The molecule has 0 bridgehead atoms. The van der Waals surface area contributed by atoms with Gasteiger partial charge >= 0.3 is 0 Å². The third kappa shape index (κ3) is 4.52. The first-order valence-corrected chi connectivity index (χ1v) is 10.0. The fraction of sp³-hybridized carbons (Fsp3) is 0.0435. The normalized spacial score (nSPS) is 10.9. The average Bonchev–Trinajstić information content (AvgIpc) is 2.80. The van der Waals surface area contributed by atoms with Gasteiger partial charge in [0, 0.05) is 21.2 Å². The molecule has 0 amide bonds. The van der Waals surface area contributed by atoms with Crippen LogP contribution in [0.1, 0.15) is 5.56 Å². The number of benzene rings is 3. The lowest BCUT2D eigenvalue weighted by Gasteiger charge is -2.09. The lowest BCUT2D eigenvalue weighted by atomic mass is 10.0. The molecule has 4 rings (SSSR count). The molecule has 6 nitrogen and oxygen atoms in total. The maximum absolute atomic E-state index is 5.36. The summed E-state index contributed by atoms with van der Waals surface area (Å²) >= 11 is 3.46. The fourth-order valence-electron chi connectivity index (χ4n) is 2.93. The quantitative estimate of drug-likeness (QED) is 0.307. The monoisotopic (exact) mass is 459 g/mol. The Labute approximate surface area is 182 Å². The molecular weight excluding hydrogens is 442 g/mol. The Morgan fingerprint density at radius 2 is 1.53 bits per heavy atom. The van der Waals surface area contributed by atoms with Gasteiger partial charge in [0.05, 0.1) is 13.3 Å². The number of aromatic nitrogens is 3. The number of hydrazone groups is 1. The van der Waals surface area contributed by atoms with E-state index in [1.807, 2.05) is 78.9 Å². The lowest BCUT2D eigenvalue weighted by Crippen LogP contribution is -2.03. The Bertz CT molecular complexity index is 1170. The van der Waals surface area contributed by atoms with E-state index in [0.717, 1.165) is 26.9 Å². The maximum atomic E-state index is 5.36. The highest BCUT2D eigenvalue weighted by atomic mass is 79.9. The summed E-state index contributed by atoms with van der Waals surface area (Å²) in [7, 11) is 1.62. The number of halogens is 1. The van der Waals surface area contributed by atoms with Crippen LogP contribution in [0.25, 0.3) is 22.5 Å². The van der Waals surface area contributed by atoms with Crippen molar-refractivity contribution >= 4 is 28.1 Å². The fourth-order valence-corrected chi connectivity index (χ4v) is 3.31. The molecule has 3 aromatic carbocycles. The predicted octanol–water partition coefficient (Wildman–Crippen LogP) is 5.42. The summed E-state index contributed by atoms with van der Waals surface area (Å²) in [5.74, 6) is 1.02.